The molecule has 0 radical (unpaired) electrons. The predicted molar refractivity (Wildman–Crippen MR) is 123 cm³/mol. The van der Waals surface area contributed by atoms with E-state index in [0.29, 0.717) is 10.8 Å². The van der Waals surface area contributed by atoms with Gasteiger partial charge < -0.3 is 25.3 Å². The summed E-state index contributed by atoms with van der Waals surface area (Å²) in [6, 6.07) is 11.3. The molecule has 0 aromatic heterocycles. The average molecular weight is 443 g/mol. The van der Waals surface area contributed by atoms with Crippen LogP contribution in [0.2, 0.25) is 5.02 Å². The van der Waals surface area contributed by atoms with Crippen molar-refractivity contribution in [3.63, 3.8) is 0 Å². The van der Waals surface area contributed by atoms with Crippen molar-refractivity contribution in [1.29, 1.82) is 0 Å². The summed E-state index contributed by atoms with van der Waals surface area (Å²) in [5, 5.41) is 28.3. The quantitative estimate of drug-likeness (QED) is 0.497. The molecule has 8 heteroatoms. The highest BCUT2D eigenvalue weighted by atomic mass is 35.5. The highest BCUT2D eigenvalue weighted by Crippen LogP contribution is 2.26. The molecular weight excluding hydrogens is 416 g/mol. The van der Waals surface area contributed by atoms with Crippen molar-refractivity contribution in [3.05, 3.63) is 64.2 Å². The van der Waals surface area contributed by atoms with Crippen molar-refractivity contribution in [1.82, 2.24) is 5.32 Å². The van der Waals surface area contributed by atoms with E-state index in [2.05, 4.69) is 20.3 Å². The molecule has 7 nitrogen and oxygen atoms in total. The Bertz CT molecular complexity index is 969. The first-order valence-corrected chi connectivity index (χ1v) is 10.3. The second-order valence-electron chi connectivity index (χ2n) is 7.05. The Hall–Kier alpha value is -3.06. The highest BCUT2D eigenvalue weighted by Gasteiger charge is 2.11. The number of hydrogen-bond donors (Lipinski definition) is 1. The molecule has 0 bridgehead atoms. The first-order valence-electron chi connectivity index (χ1n) is 9.88. The van der Waals surface area contributed by atoms with Gasteiger partial charge >= 0.3 is 0 Å². The minimum absolute atomic E-state index is 0.0453. The van der Waals surface area contributed by atoms with Gasteiger partial charge in [0.2, 0.25) is 0 Å². The molecule has 0 fully saturated rings. The highest BCUT2D eigenvalue weighted by molar-refractivity contribution is 6.32. The third-order valence-electron chi connectivity index (χ3n) is 4.44. The summed E-state index contributed by atoms with van der Waals surface area (Å²) < 4.78 is 5.58. The molecule has 0 amide bonds. The number of benzene rings is 2. The standard InChI is InChI=1S/C23H29ClN4O3/c1-14(2)31-20-11-10-17(13-18(20)24)22(29)28-19(23(30)27-5)12-15-6-8-16(9-7-15)21(25-3)26-4/h6-11,13-14,19H,12H2,1-5H3,(H,25,26)(H,27,30)(H,28,29)/p-2/t19-/m0/s1. The number of nitrogens with one attached hydrogen (secondary N) is 1. The van der Waals surface area contributed by atoms with Gasteiger partial charge in [-0.25, -0.2) is 0 Å². The predicted octanol–water partition coefficient (Wildman–Crippen LogP) is 1.83. The maximum atomic E-state index is 12.7. The van der Waals surface area contributed by atoms with E-state index < -0.39 is 17.8 Å². The summed E-state index contributed by atoms with van der Waals surface area (Å²) >= 11 is 6.22. The minimum atomic E-state index is -0.919. The van der Waals surface area contributed by atoms with Crippen LogP contribution in [0.15, 0.2) is 57.4 Å². The van der Waals surface area contributed by atoms with Gasteiger partial charge in [0, 0.05) is 26.7 Å². The molecule has 1 atom stereocenters. The van der Waals surface area contributed by atoms with E-state index in [1.54, 1.807) is 26.2 Å². The summed E-state index contributed by atoms with van der Waals surface area (Å²) in [4.78, 5) is 12.0. The van der Waals surface area contributed by atoms with Crippen molar-refractivity contribution in [2.75, 3.05) is 21.1 Å². The molecule has 1 N–H and O–H groups in total. The van der Waals surface area contributed by atoms with Gasteiger partial charge in [0.25, 0.3) is 0 Å². The topological polar surface area (TPSA) is 104 Å². The second-order valence-corrected chi connectivity index (χ2v) is 7.45. The summed E-state index contributed by atoms with van der Waals surface area (Å²) in [6.07, 6.45) is 0.207. The molecule has 31 heavy (non-hydrogen) atoms. The fraction of sp³-hybridized carbons (Fsp3) is 0.348. The van der Waals surface area contributed by atoms with Gasteiger partial charge in [0.05, 0.1) is 17.2 Å². The third kappa shape index (κ3) is 6.72. The molecule has 0 saturated carbocycles. The van der Waals surface area contributed by atoms with Crippen molar-refractivity contribution < 1.29 is 14.9 Å². The zero-order valence-corrected chi connectivity index (χ0v) is 19.1. The van der Waals surface area contributed by atoms with Crippen LogP contribution in [-0.2, 0) is 6.42 Å². The SMILES string of the molecule is CN=C(NC)c1ccc(C[C@H](N=C([O-])c2ccc(OC(C)C)c(Cl)c2)C([O-])=NC)cc1. The van der Waals surface area contributed by atoms with Crippen molar-refractivity contribution in [2.45, 2.75) is 32.4 Å². The minimum Gasteiger partial charge on any atom is -0.861 e. The first kappa shape index (κ1) is 24.2. The Balaban J connectivity index is 2.26. The fourth-order valence-corrected chi connectivity index (χ4v) is 3.17. The van der Waals surface area contributed by atoms with Gasteiger partial charge in [-0.15, -0.1) is 0 Å². The lowest BCUT2D eigenvalue weighted by Gasteiger charge is -2.23. The van der Waals surface area contributed by atoms with Gasteiger partial charge in [-0.05, 0) is 55.3 Å². The maximum Gasteiger partial charge on any atom is 0.138 e. The van der Waals surface area contributed by atoms with E-state index in [1.165, 1.54) is 13.1 Å². The Kier molecular flexibility index (Phi) is 8.88. The molecule has 0 saturated heterocycles. The van der Waals surface area contributed by atoms with Crippen LogP contribution in [-0.4, -0.2) is 50.9 Å². The van der Waals surface area contributed by atoms with Crippen molar-refractivity contribution in [2.24, 2.45) is 15.0 Å². The normalized spacial score (nSPS) is 14.0. The summed E-state index contributed by atoms with van der Waals surface area (Å²) in [6.45, 7) is 3.77. The summed E-state index contributed by atoms with van der Waals surface area (Å²) in [5.74, 6) is 0.243. The largest absolute Gasteiger partial charge is 0.861 e. The Morgan fingerprint density at radius 2 is 1.68 bits per heavy atom. The molecule has 0 aliphatic carbocycles. The van der Waals surface area contributed by atoms with E-state index in [9.17, 15) is 10.2 Å². The van der Waals surface area contributed by atoms with Gasteiger partial charge in [-0.3, -0.25) is 9.98 Å². The van der Waals surface area contributed by atoms with Crippen LogP contribution < -0.4 is 20.3 Å². The first-order chi connectivity index (χ1) is 14.8. The summed E-state index contributed by atoms with van der Waals surface area (Å²) in [5.41, 5.74) is 2.05. The summed E-state index contributed by atoms with van der Waals surface area (Å²) in [7, 11) is 4.89. The lowest BCUT2D eigenvalue weighted by Crippen LogP contribution is -2.35. The molecule has 0 heterocycles. The van der Waals surface area contributed by atoms with Gasteiger partial charge in [0.15, 0.2) is 0 Å². The Labute approximate surface area is 188 Å². The van der Waals surface area contributed by atoms with Crippen LogP contribution in [0, 0.1) is 0 Å². The molecule has 2 aromatic rings. The molecule has 0 aliphatic heterocycles. The van der Waals surface area contributed by atoms with Crippen LogP contribution in [0.4, 0.5) is 0 Å². The molecule has 0 aliphatic rings. The zero-order valence-electron chi connectivity index (χ0n) is 18.3. The van der Waals surface area contributed by atoms with Gasteiger partial charge in [-0.1, -0.05) is 41.9 Å². The maximum absolute atomic E-state index is 12.7. The molecule has 2 aromatic carbocycles. The van der Waals surface area contributed by atoms with Crippen molar-refractivity contribution in [3.8, 4) is 5.75 Å². The molecule has 2 rings (SSSR count). The number of halogens is 1. The van der Waals surface area contributed by atoms with Crippen molar-refractivity contribution >= 4 is 29.2 Å². The lowest BCUT2D eigenvalue weighted by molar-refractivity contribution is -0.223. The number of amidine groups is 1. The fourth-order valence-electron chi connectivity index (χ4n) is 2.94. The average Bonchev–Trinajstić information content (AvgIpc) is 2.75. The monoisotopic (exact) mass is 442 g/mol. The number of nitrogens with zero attached hydrogens (tertiary/aromatic N) is 3. The third-order valence-corrected chi connectivity index (χ3v) is 4.73. The van der Waals surface area contributed by atoms with Crippen LogP contribution in [0.5, 0.6) is 5.75 Å². The number of rotatable bonds is 8. The van der Waals surface area contributed by atoms with Gasteiger partial charge in [0.1, 0.15) is 11.6 Å². The molecule has 166 valence electrons. The van der Waals surface area contributed by atoms with Crippen LogP contribution in [0.3, 0.4) is 0 Å². The van der Waals surface area contributed by atoms with E-state index >= 15 is 0 Å². The van der Waals surface area contributed by atoms with Gasteiger partial charge in [-0.2, -0.15) is 0 Å². The van der Waals surface area contributed by atoms with E-state index in [4.69, 9.17) is 16.3 Å². The van der Waals surface area contributed by atoms with Crippen LogP contribution >= 0.6 is 11.6 Å². The number of aliphatic imine (C=N–C) groups is 3. The Morgan fingerprint density at radius 1 is 1.03 bits per heavy atom. The lowest BCUT2D eigenvalue weighted by atomic mass is 10.0. The van der Waals surface area contributed by atoms with Crippen LogP contribution in [0.1, 0.15) is 30.5 Å². The van der Waals surface area contributed by atoms with E-state index in [1.807, 2.05) is 38.1 Å². The van der Waals surface area contributed by atoms with Crippen LogP contribution in [0.25, 0.3) is 0 Å². The number of hydrogen-bond acceptors (Lipinski definition) is 6. The second kappa shape index (κ2) is 11.4. The smallest absolute Gasteiger partial charge is 0.138 e. The van der Waals surface area contributed by atoms with E-state index in [-0.39, 0.29) is 18.1 Å². The van der Waals surface area contributed by atoms with E-state index in [0.717, 1.165) is 17.0 Å². The molecule has 0 spiro atoms. The zero-order chi connectivity index (χ0) is 23.0. The molecular formula is C23H27ClN4O3-2. The Morgan fingerprint density at radius 3 is 2.19 bits per heavy atom. The molecule has 0 unspecified atom stereocenters. The number of ether oxygens (including phenoxy) is 1.